The molecule has 98 valence electrons. The zero-order valence-electron chi connectivity index (χ0n) is 10.8. The van der Waals surface area contributed by atoms with Crippen molar-refractivity contribution < 1.29 is 4.74 Å². The molecule has 1 unspecified atom stereocenters. The topological polar surface area (TPSA) is 33.3 Å². The highest BCUT2D eigenvalue weighted by molar-refractivity contribution is 5.27. The maximum atomic E-state index is 5.78. The van der Waals surface area contributed by atoms with Crippen LogP contribution in [0.2, 0.25) is 0 Å². The van der Waals surface area contributed by atoms with Crippen molar-refractivity contribution >= 4 is 0 Å². The molecule has 2 heterocycles. The fourth-order valence-electron chi connectivity index (χ4n) is 2.92. The smallest absolute Gasteiger partial charge is 0.0949 e. The summed E-state index contributed by atoms with van der Waals surface area (Å²) in [6, 6.07) is 9.08. The molecular formula is C15H22N2O. The number of hydrogen-bond acceptors (Lipinski definition) is 3. The summed E-state index contributed by atoms with van der Waals surface area (Å²) in [6.45, 7) is 5.04. The minimum absolute atomic E-state index is 0.237. The molecule has 2 aliphatic rings. The van der Waals surface area contributed by atoms with Gasteiger partial charge in [0, 0.05) is 13.1 Å². The average molecular weight is 246 g/mol. The van der Waals surface area contributed by atoms with Crippen molar-refractivity contribution in [3.05, 3.63) is 35.4 Å². The van der Waals surface area contributed by atoms with Crippen molar-refractivity contribution in [3.63, 3.8) is 0 Å². The SMILES string of the molecule is c1cc(C2CNCCO2)ccc1C1CCNCC1. The summed E-state index contributed by atoms with van der Waals surface area (Å²) in [5.74, 6) is 0.741. The summed E-state index contributed by atoms with van der Waals surface area (Å²) in [5, 5.41) is 6.80. The van der Waals surface area contributed by atoms with Crippen molar-refractivity contribution in [2.24, 2.45) is 0 Å². The quantitative estimate of drug-likeness (QED) is 0.835. The summed E-state index contributed by atoms with van der Waals surface area (Å²) in [5.41, 5.74) is 2.80. The summed E-state index contributed by atoms with van der Waals surface area (Å²) in [7, 11) is 0. The van der Waals surface area contributed by atoms with E-state index in [0.717, 1.165) is 38.7 Å². The molecule has 0 amide bonds. The molecule has 2 N–H and O–H groups in total. The lowest BCUT2D eigenvalue weighted by Gasteiger charge is -2.26. The van der Waals surface area contributed by atoms with Crippen molar-refractivity contribution in [1.82, 2.24) is 10.6 Å². The predicted molar refractivity (Wildman–Crippen MR) is 72.8 cm³/mol. The van der Waals surface area contributed by atoms with E-state index in [0.29, 0.717) is 0 Å². The molecule has 2 fully saturated rings. The maximum absolute atomic E-state index is 5.78. The Balaban J connectivity index is 1.67. The molecule has 0 aromatic heterocycles. The molecule has 1 aromatic carbocycles. The first-order valence-corrected chi connectivity index (χ1v) is 7.06. The van der Waals surface area contributed by atoms with E-state index in [-0.39, 0.29) is 6.10 Å². The molecule has 0 radical (unpaired) electrons. The molecule has 1 aromatic rings. The second kappa shape index (κ2) is 5.83. The molecule has 1 atom stereocenters. The first-order chi connectivity index (χ1) is 8.93. The van der Waals surface area contributed by atoms with E-state index in [1.165, 1.54) is 24.0 Å². The Morgan fingerprint density at radius 1 is 0.889 bits per heavy atom. The molecule has 3 heteroatoms. The van der Waals surface area contributed by atoms with Crippen molar-refractivity contribution in [3.8, 4) is 0 Å². The van der Waals surface area contributed by atoms with Crippen LogP contribution in [0.5, 0.6) is 0 Å². The minimum atomic E-state index is 0.237. The molecular weight excluding hydrogens is 224 g/mol. The summed E-state index contributed by atoms with van der Waals surface area (Å²) < 4.78 is 5.78. The second-order valence-electron chi connectivity index (χ2n) is 5.25. The Kier molecular flexibility index (Phi) is 3.93. The van der Waals surface area contributed by atoms with Gasteiger partial charge in [0.15, 0.2) is 0 Å². The first-order valence-electron chi connectivity index (χ1n) is 7.06. The van der Waals surface area contributed by atoms with E-state index in [4.69, 9.17) is 4.74 Å². The standard InChI is InChI=1S/C15H22N2O/c1-3-14(15-11-17-9-10-18-15)4-2-12(1)13-5-7-16-8-6-13/h1-4,13,15-17H,5-11H2. The second-order valence-corrected chi connectivity index (χ2v) is 5.25. The Morgan fingerprint density at radius 2 is 1.61 bits per heavy atom. The van der Waals surface area contributed by atoms with E-state index in [1.54, 1.807) is 0 Å². The predicted octanol–water partition coefficient (Wildman–Crippen LogP) is 1.81. The lowest BCUT2D eigenvalue weighted by Crippen LogP contribution is -2.33. The van der Waals surface area contributed by atoms with E-state index in [9.17, 15) is 0 Å². The molecule has 18 heavy (non-hydrogen) atoms. The largest absolute Gasteiger partial charge is 0.371 e. The maximum Gasteiger partial charge on any atom is 0.0949 e. The van der Waals surface area contributed by atoms with Crippen LogP contribution in [0.3, 0.4) is 0 Å². The van der Waals surface area contributed by atoms with Gasteiger partial charge in [-0.2, -0.15) is 0 Å². The number of hydrogen-bond donors (Lipinski definition) is 2. The number of morpholine rings is 1. The summed E-state index contributed by atoms with van der Waals surface area (Å²) >= 11 is 0. The first kappa shape index (κ1) is 12.2. The number of rotatable bonds is 2. The van der Waals surface area contributed by atoms with Crippen molar-refractivity contribution in [1.29, 1.82) is 0 Å². The molecule has 0 saturated carbocycles. The van der Waals surface area contributed by atoms with Gasteiger partial charge < -0.3 is 15.4 Å². The van der Waals surface area contributed by atoms with Gasteiger partial charge in [0.05, 0.1) is 12.7 Å². The van der Waals surface area contributed by atoms with Gasteiger partial charge in [0.2, 0.25) is 0 Å². The lowest BCUT2D eigenvalue weighted by atomic mass is 9.89. The number of ether oxygens (including phenoxy) is 1. The molecule has 2 aliphatic heterocycles. The van der Waals surface area contributed by atoms with Gasteiger partial charge >= 0.3 is 0 Å². The lowest BCUT2D eigenvalue weighted by molar-refractivity contribution is 0.0277. The summed E-state index contributed by atoms with van der Waals surface area (Å²) in [4.78, 5) is 0. The highest BCUT2D eigenvalue weighted by Gasteiger charge is 2.18. The molecule has 0 aliphatic carbocycles. The normalized spacial score (nSPS) is 26.1. The molecule has 0 bridgehead atoms. The molecule has 3 nitrogen and oxygen atoms in total. The summed E-state index contributed by atoms with van der Waals surface area (Å²) in [6.07, 6.45) is 2.77. The number of nitrogens with one attached hydrogen (secondary N) is 2. The van der Waals surface area contributed by atoms with Crippen LogP contribution < -0.4 is 10.6 Å². The van der Waals surface area contributed by atoms with E-state index < -0.39 is 0 Å². The zero-order chi connectivity index (χ0) is 12.2. The number of piperidine rings is 1. The Bertz CT molecular complexity index is 328. The average Bonchev–Trinajstić information content (AvgIpc) is 2.49. The van der Waals surface area contributed by atoms with Crippen LogP contribution in [0.15, 0.2) is 24.3 Å². The van der Waals surface area contributed by atoms with Gasteiger partial charge in [-0.05, 0) is 43.0 Å². The number of benzene rings is 1. The third kappa shape index (κ3) is 2.74. The molecule has 3 rings (SSSR count). The van der Waals surface area contributed by atoms with Crippen LogP contribution in [0.4, 0.5) is 0 Å². The third-order valence-electron chi connectivity index (χ3n) is 4.05. The van der Waals surface area contributed by atoms with Gasteiger partial charge in [0.1, 0.15) is 0 Å². The van der Waals surface area contributed by atoms with Crippen LogP contribution in [0, 0.1) is 0 Å². The Hall–Kier alpha value is -0.900. The van der Waals surface area contributed by atoms with Crippen LogP contribution in [-0.2, 0) is 4.74 Å². The van der Waals surface area contributed by atoms with Crippen molar-refractivity contribution in [2.75, 3.05) is 32.8 Å². The van der Waals surface area contributed by atoms with Crippen LogP contribution >= 0.6 is 0 Å². The van der Waals surface area contributed by atoms with Gasteiger partial charge in [-0.15, -0.1) is 0 Å². The fourth-order valence-corrected chi connectivity index (χ4v) is 2.92. The monoisotopic (exact) mass is 246 g/mol. The Morgan fingerprint density at radius 3 is 2.28 bits per heavy atom. The minimum Gasteiger partial charge on any atom is -0.371 e. The van der Waals surface area contributed by atoms with Crippen LogP contribution in [0.25, 0.3) is 0 Å². The van der Waals surface area contributed by atoms with Crippen molar-refractivity contribution in [2.45, 2.75) is 24.9 Å². The highest BCUT2D eigenvalue weighted by Crippen LogP contribution is 2.27. The fraction of sp³-hybridized carbons (Fsp3) is 0.600. The van der Waals surface area contributed by atoms with E-state index in [2.05, 4.69) is 34.9 Å². The zero-order valence-corrected chi connectivity index (χ0v) is 10.8. The van der Waals surface area contributed by atoms with E-state index in [1.807, 2.05) is 0 Å². The van der Waals surface area contributed by atoms with Gasteiger partial charge in [0.25, 0.3) is 0 Å². The van der Waals surface area contributed by atoms with Gasteiger partial charge in [-0.1, -0.05) is 24.3 Å². The van der Waals surface area contributed by atoms with Crippen LogP contribution in [-0.4, -0.2) is 32.8 Å². The molecule has 0 spiro atoms. The van der Waals surface area contributed by atoms with Crippen LogP contribution in [0.1, 0.15) is 36.0 Å². The Labute approximate surface area is 109 Å². The van der Waals surface area contributed by atoms with Gasteiger partial charge in [-0.25, -0.2) is 0 Å². The third-order valence-corrected chi connectivity index (χ3v) is 4.05. The molecule has 2 saturated heterocycles. The highest BCUT2D eigenvalue weighted by atomic mass is 16.5. The van der Waals surface area contributed by atoms with E-state index >= 15 is 0 Å². The van der Waals surface area contributed by atoms with Gasteiger partial charge in [-0.3, -0.25) is 0 Å².